The molecule has 0 aliphatic carbocycles. The summed E-state index contributed by atoms with van der Waals surface area (Å²) in [6.45, 7) is 1.81. The van der Waals surface area contributed by atoms with Gasteiger partial charge >= 0.3 is 0 Å². The molecule has 1 aromatic heterocycles. The first-order valence-corrected chi connectivity index (χ1v) is 6.67. The molecule has 5 nitrogen and oxygen atoms in total. The van der Waals surface area contributed by atoms with Crippen LogP contribution in [0.3, 0.4) is 0 Å². The molecule has 1 atom stereocenters. The van der Waals surface area contributed by atoms with Gasteiger partial charge in [-0.05, 0) is 14.1 Å². The van der Waals surface area contributed by atoms with Crippen LogP contribution in [0.1, 0.15) is 11.7 Å². The number of rotatable bonds is 4. The van der Waals surface area contributed by atoms with Gasteiger partial charge in [-0.2, -0.15) is 16.7 Å². The van der Waals surface area contributed by atoms with Crippen LogP contribution in [0.2, 0.25) is 0 Å². The highest BCUT2D eigenvalue weighted by Crippen LogP contribution is 2.11. The van der Waals surface area contributed by atoms with Crippen molar-refractivity contribution >= 4 is 11.8 Å². The van der Waals surface area contributed by atoms with Crippen molar-refractivity contribution in [2.75, 3.05) is 32.1 Å². The average Bonchev–Trinajstić information content (AvgIpc) is 2.66. The molecule has 2 heterocycles. The fourth-order valence-corrected chi connectivity index (χ4v) is 2.63. The molecule has 0 amide bonds. The zero-order valence-corrected chi connectivity index (χ0v) is 10.6. The van der Waals surface area contributed by atoms with Gasteiger partial charge in [0, 0.05) is 30.5 Å². The van der Waals surface area contributed by atoms with Gasteiger partial charge in [0.05, 0.1) is 6.54 Å². The molecule has 0 aromatic carbocycles. The molecule has 1 N–H and O–H groups in total. The molecule has 0 radical (unpaired) electrons. The number of nitrogens with one attached hydrogen (secondary N) is 1. The van der Waals surface area contributed by atoms with Crippen molar-refractivity contribution in [2.45, 2.75) is 19.0 Å². The van der Waals surface area contributed by atoms with Crippen LogP contribution in [-0.2, 0) is 13.0 Å². The second kappa shape index (κ2) is 5.65. The molecular formula is C10H18N4OS. The smallest absolute Gasteiger partial charge is 0.228 e. The molecule has 1 unspecified atom stereocenters. The first-order valence-electron chi connectivity index (χ1n) is 5.51. The lowest BCUT2D eigenvalue weighted by Crippen LogP contribution is -2.38. The molecule has 1 aliphatic rings. The van der Waals surface area contributed by atoms with Crippen molar-refractivity contribution in [2.24, 2.45) is 0 Å². The second-order valence-electron chi connectivity index (χ2n) is 4.27. The van der Waals surface area contributed by atoms with E-state index in [1.165, 1.54) is 5.75 Å². The van der Waals surface area contributed by atoms with E-state index in [2.05, 4.69) is 15.5 Å². The molecule has 1 aromatic rings. The maximum absolute atomic E-state index is 5.23. The summed E-state index contributed by atoms with van der Waals surface area (Å²) < 4.78 is 5.23. The minimum absolute atomic E-state index is 0.478. The summed E-state index contributed by atoms with van der Waals surface area (Å²) >= 11 is 1.98. The Morgan fingerprint density at radius 1 is 1.56 bits per heavy atom. The fraction of sp³-hybridized carbons (Fsp3) is 0.800. The van der Waals surface area contributed by atoms with Crippen LogP contribution < -0.4 is 5.32 Å². The van der Waals surface area contributed by atoms with Crippen LogP contribution >= 0.6 is 11.8 Å². The van der Waals surface area contributed by atoms with Crippen molar-refractivity contribution in [3.8, 4) is 0 Å². The number of nitrogens with zero attached hydrogens (tertiary/aromatic N) is 3. The van der Waals surface area contributed by atoms with E-state index in [0.29, 0.717) is 6.04 Å². The lowest BCUT2D eigenvalue weighted by Gasteiger charge is -2.21. The number of hydrogen-bond acceptors (Lipinski definition) is 6. The van der Waals surface area contributed by atoms with Gasteiger partial charge in [-0.1, -0.05) is 5.16 Å². The summed E-state index contributed by atoms with van der Waals surface area (Å²) in [6, 6.07) is 0.478. The van der Waals surface area contributed by atoms with E-state index < -0.39 is 0 Å². The standard InChI is InChI=1S/C10H18N4OS/c1-14(2)6-9-12-10(15-13-9)5-8-7-16-4-3-11-8/h8,11H,3-7H2,1-2H3. The third kappa shape index (κ3) is 3.47. The van der Waals surface area contributed by atoms with Gasteiger partial charge in [0.15, 0.2) is 5.82 Å². The van der Waals surface area contributed by atoms with E-state index in [4.69, 9.17) is 4.52 Å². The van der Waals surface area contributed by atoms with Crippen molar-refractivity contribution in [3.63, 3.8) is 0 Å². The van der Waals surface area contributed by atoms with Crippen molar-refractivity contribution in [1.29, 1.82) is 0 Å². The summed E-state index contributed by atoms with van der Waals surface area (Å²) in [6.07, 6.45) is 0.841. The van der Waals surface area contributed by atoms with Gasteiger partial charge in [-0.3, -0.25) is 0 Å². The van der Waals surface area contributed by atoms with Gasteiger partial charge in [0.2, 0.25) is 5.89 Å². The first kappa shape index (κ1) is 11.9. The predicted molar refractivity (Wildman–Crippen MR) is 64.5 cm³/mol. The zero-order chi connectivity index (χ0) is 11.4. The molecule has 90 valence electrons. The Morgan fingerprint density at radius 2 is 2.44 bits per heavy atom. The summed E-state index contributed by atoms with van der Waals surface area (Å²) in [5.41, 5.74) is 0. The number of aromatic nitrogens is 2. The van der Waals surface area contributed by atoms with Gasteiger partial charge < -0.3 is 14.7 Å². The SMILES string of the molecule is CN(C)Cc1noc(CC2CSCCN2)n1. The fourth-order valence-electron chi connectivity index (χ4n) is 1.68. The average molecular weight is 242 g/mol. The highest BCUT2D eigenvalue weighted by atomic mass is 32.2. The lowest BCUT2D eigenvalue weighted by atomic mass is 10.2. The Morgan fingerprint density at radius 3 is 3.12 bits per heavy atom. The third-order valence-corrected chi connectivity index (χ3v) is 3.52. The maximum Gasteiger partial charge on any atom is 0.228 e. The highest BCUT2D eigenvalue weighted by Gasteiger charge is 2.17. The van der Waals surface area contributed by atoms with E-state index in [1.54, 1.807) is 0 Å². The van der Waals surface area contributed by atoms with E-state index in [-0.39, 0.29) is 0 Å². The Bertz CT molecular complexity index is 322. The van der Waals surface area contributed by atoms with E-state index in [0.717, 1.165) is 37.0 Å². The van der Waals surface area contributed by atoms with Crippen LogP contribution in [0.5, 0.6) is 0 Å². The molecule has 1 aliphatic heterocycles. The van der Waals surface area contributed by atoms with Crippen LogP contribution in [0, 0.1) is 0 Å². The van der Waals surface area contributed by atoms with Gasteiger partial charge in [0.25, 0.3) is 0 Å². The number of thioether (sulfide) groups is 1. The maximum atomic E-state index is 5.23. The van der Waals surface area contributed by atoms with Gasteiger partial charge in [-0.15, -0.1) is 0 Å². The highest BCUT2D eigenvalue weighted by molar-refractivity contribution is 7.99. The van der Waals surface area contributed by atoms with Crippen LogP contribution in [-0.4, -0.2) is 53.2 Å². The summed E-state index contributed by atoms with van der Waals surface area (Å²) in [5.74, 6) is 3.85. The molecule has 0 saturated carbocycles. The Balaban J connectivity index is 1.86. The normalized spacial score (nSPS) is 21.6. The van der Waals surface area contributed by atoms with Crippen LogP contribution in [0.15, 0.2) is 4.52 Å². The topological polar surface area (TPSA) is 54.2 Å². The summed E-state index contributed by atoms with van der Waals surface area (Å²) in [7, 11) is 3.99. The van der Waals surface area contributed by atoms with E-state index in [1.807, 2.05) is 30.8 Å². The van der Waals surface area contributed by atoms with E-state index in [9.17, 15) is 0 Å². The van der Waals surface area contributed by atoms with Gasteiger partial charge in [0.1, 0.15) is 0 Å². The predicted octanol–water partition coefficient (Wildman–Crippen LogP) is 0.379. The number of hydrogen-bond donors (Lipinski definition) is 1. The molecule has 0 bridgehead atoms. The summed E-state index contributed by atoms with van der Waals surface area (Å²) in [5, 5.41) is 7.42. The minimum atomic E-state index is 0.478. The molecule has 6 heteroatoms. The largest absolute Gasteiger partial charge is 0.339 e. The molecule has 0 spiro atoms. The first-order chi connectivity index (χ1) is 7.74. The van der Waals surface area contributed by atoms with Crippen molar-refractivity contribution in [1.82, 2.24) is 20.4 Å². The molecule has 2 rings (SSSR count). The molecule has 1 saturated heterocycles. The second-order valence-corrected chi connectivity index (χ2v) is 5.42. The molecular weight excluding hydrogens is 224 g/mol. The monoisotopic (exact) mass is 242 g/mol. The van der Waals surface area contributed by atoms with Crippen molar-refractivity contribution in [3.05, 3.63) is 11.7 Å². The Hall–Kier alpha value is -0.590. The lowest BCUT2D eigenvalue weighted by molar-refractivity contribution is 0.342. The third-order valence-electron chi connectivity index (χ3n) is 2.39. The van der Waals surface area contributed by atoms with E-state index >= 15 is 0 Å². The molecule has 1 fully saturated rings. The van der Waals surface area contributed by atoms with Gasteiger partial charge in [-0.25, -0.2) is 0 Å². The molecule has 16 heavy (non-hydrogen) atoms. The van der Waals surface area contributed by atoms with Crippen LogP contribution in [0.25, 0.3) is 0 Å². The van der Waals surface area contributed by atoms with Crippen molar-refractivity contribution < 1.29 is 4.52 Å². The zero-order valence-electron chi connectivity index (χ0n) is 9.77. The summed E-state index contributed by atoms with van der Waals surface area (Å²) in [4.78, 5) is 6.41. The Labute approximate surface area is 100.0 Å². The Kier molecular flexibility index (Phi) is 4.20. The quantitative estimate of drug-likeness (QED) is 0.824. The minimum Gasteiger partial charge on any atom is -0.339 e. The van der Waals surface area contributed by atoms with Crippen LogP contribution in [0.4, 0.5) is 0 Å².